The van der Waals surface area contributed by atoms with Gasteiger partial charge in [0.05, 0.1) is 30.6 Å². The molecule has 0 aliphatic heterocycles. The van der Waals surface area contributed by atoms with Gasteiger partial charge in [-0.25, -0.2) is 5.43 Å². The zero-order valence-electron chi connectivity index (χ0n) is 17.7. The van der Waals surface area contributed by atoms with Crippen LogP contribution in [0.3, 0.4) is 0 Å². The number of carbonyl (C=O) groups excluding carboxylic acids is 1. The molecule has 0 spiro atoms. The first-order chi connectivity index (χ1) is 15.4. The van der Waals surface area contributed by atoms with Gasteiger partial charge in [-0.3, -0.25) is 9.36 Å². The number of nitrogens with zero attached hydrogens (tertiary/aromatic N) is 1. The molecule has 168 valence electrons. The van der Waals surface area contributed by atoms with Gasteiger partial charge in [0.15, 0.2) is 0 Å². The molecule has 32 heavy (non-hydrogen) atoms. The number of phenols is 1. The molecule has 0 aromatic heterocycles. The fourth-order valence-corrected chi connectivity index (χ4v) is 5.16. The van der Waals surface area contributed by atoms with E-state index in [-0.39, 0.29) is 22.5 Å². The van der Waals surface area contributed by atoms with Crippen LogP contribution in [-0.2, 0) is 19.8 Å². The Bertz CT molecular complexity index is 1190. The molecular formula is C23H24ClN2O5P. The number of nitrogens with one attached hydrogen (secondary N) is 1. The van der Waals surface area contributed by atoms with Gasteiger partial charge in [0.1, 0.15) is 5.75 Å². The number of rotatable bonds is 9. The third-order valence-corrected chi connectivity index (χ3v) is 6.98. The second-order valence-electron chi connectivity index (χ2n) is 6.83. The lowest BCUT2D eigenvalue weighted by Gasteiger charge is -2.18. The molecule has 3 aromatic carbocycles. The Morgan fingerprint density at radius 1 is 1.09 bits per heavy atom. The van der Waals surface area contributed by atoms with Gasteiger partial charge in [0.2, 0.25) is 0 Å². The van der Waals surface area contributed by atoms with E-state index >= 15 is 0 Å². The molecular weight excluding hydrogens is 451 g/mol. The van der Waals surface area contributed by atoms with Crippen LogP contribution in [0.15, 0.2) is 59.7 Å². The van der Waals surface area contributed by atoms with Crippen molar-refractivity contribution in [1.82, 2.24) is 5.43 Å². The van der Waals surface area contributed by atoms with Gasteiger partial charge >= 0.3 is 7.60 Å². The minimum absolute atomic E-state index is 0.0830. The van der Waals surface area contributed by atoms with Crippen molar-refractivity contribution in [3.8, 4) is 5.75 Å². The van der Waals surface area contributed by atoms with Crippen LogP contribution in [0.1, 0.15) is 35.3 Å². The summed E-state index contributed by atoms with van der Waals surface area (Å²) in [6.07, 6.45) is 1.70. The van der Waals surface area contributed by atoms with Crippen molar-refractivity contribution in [3.63, 3.8) is 0 Å². The molecule has 0 radical (unpaired) electrons. The molecule has 0 unspecified atom stereocenters. The standard InChI is InChI=1S/C23H24ClN2O5P/c1-3-30-32(29,31-4-2)15-18-10-9-17(19-7-5-6-8-20(18)19)14-25-26-23(28)16-11-12-22(27)21(24)13-16/h5-14,27H,3-4,15H2,1-2H3,(H,26,28). The highest BCUT2D eigenvalue weighted by atomic mass is 35.5. The molecule has 9 heteroatoms. The second kappa shape index (κ2) is 10.7. The lowest BCUT2D eigenvalue weighted by molar-refractivity contribution is 0.0955. The minimum atomic E-state index is -3.26. The number of benzene rings is 3. The van der Waals surface area contributed by atoms with E-state index in [0.29, 0.717) is 13.2 Å². The molecule has 3 aromatic rings. The van der Waals surface area contributed by atoms with Crippen LogP contribution in [0.5, 0.6) is 5.75 Å². The summed E-state index contributed by atoms with van der Waals surface area (Å²) in [7, 11) is -3.26. The first-order valence-electron chi connectivity index (χ1n) is 10.1. The Morgan fingerprint density at radius 3 is 2.44 bits per heavy atom. The van der Waals surface area contributed by atoms with Crippen LogP contribution < -0.4 is 5.43 Å². The number of amides is 1. The van der Waals surface area contributed by atoms with Crippen molar-refractivity contribution in [3.05, 3.63) is 76.3 Å². The number of halogens is 1. The lowest BCUT2D eigenvalue weighted by atomic mass is 10.0. The van der Waals surface area contributed by atoms with E-state index in [4.69, 9.17) is 20.6 Å². The Labute approximate surface area is 191 Å². The van der Waals surface area contributed by atoms with Crippen LogP contribution in [0.4, 0.5) is 0 Å². The highest BCUT2D eigenvalue weighted by Gasteiger charge is 2.25. The predicted octanol–water partition coefficient (Wildman–Crippen LogP) is 5.73. The van der Waals surface area contributed by atoms with E-state index in [9.17, 15) is 14.5 Å². The summed E-state index contributed by atoms with van der Waals surface area (Å²) < 4.78 is 23.9. The zero-order chi connectivity index (χ0) is 23.1. The van der Waals surface area contributed by atoms with Gasteiger partial charge in [-0.2, -0.15) is 5.10 Å². The fraction of sp³-hybridized carbons (Fsp3) is 0.217. The molecule has 0 aliphatic rings. The van der Waals surface area contributed by atoms with Gasteiger partial charge in [0.25, 0.3) is 5.91 Å². The molecule has 1 amide bonds. The predicted molar refractivity (Wildman–Crippen MR) is 127 cm³/mol. The average molecular weight is 475 g/mol. The zero-order valence-corrected chi connectivity index (χ0v) is 19.4. The van der Waals surface area contributed by atoms with Gasteiger partial charge < -0.3 is 14.2 Å². The topological polar surface area (TPSA) is 97.2 Å². The van der Waals surface area contributed by atoms with E-state index in [1.165, 1.54) is 24.4 Å². The molecule has 0 saturated carbocycles. The van der Waals surface area contributed by atoms with Crippen molar-refractivity contribution >= 4 is 42.1 Å². The van der Waals surface area contributed by atoms with E-state index in [0.717, 1.165) is 21.9 Å². The van der Waals surface area contributed by atoms with Crippen molar-refractivity contribution < 1.29 is 23.5 Å². The Morgan fingerprint density at radius 2 is 1.78 bits per heavy atom. The summed E-state index contributed by atoms with van der Waals surface area (Å²) in [5.41, 5.74) is 4.33. The van der Waals surface area contributed by atoms with E-state index in [1.807, 2.05) is 36.4 Å². The largest absolute Gasteiger partial charge is 0.506 e. The molecule has 0 fully saturated rings. The first kappa shape index (κ1) is 24.0. The number of hydrogen-bond donors (Lipinski definition) is 2. The smallest absolute Gasteiger partial charge is 0.335 e. The minimum Gasteiger partial charge on any atom is -0.506 e. The molecule has 0 aliphatic carbocycles. The summed E-state index contributed by atoms with van der Waals surface area (Å²) in [5, 5.41) is 15.4. The summed E-state index contributed by atoms with van der Waals surface area (Å²) in [6.45, 7) is 4.16. The van der Waals surface area contributed by atoms with E-state index < -0.39 is 13.5 Å². The number of hydrazone groups is 1. The number of fused-ring (bicyclic) bond motifs is 1. The van der Waals surface area contributed by atoms with Crippen molar-refractivity contribution in [1.29, 1.82) is 0 Å². The number of phenolic OH excluding ortho intramolecular Hbond substituents is 1. The summed E-state index contributed by atoms with van der Waals surface area (Å²) in [6, 6.07) is 15.5. The normalized spacial score (nSPS) is 11.8. The van der Waals surface area contributed by atoms with Crippen molar-refractivity contribution in [2.75, 3.05) is 13.2 Å². The average Bonchev–Trinajstić information content (AvgIpc) is 2.77. The van der Waals surface area contributed by atoms with E-state index in [1.54, 1.807) is 13.8 Å². The summed E-state index contributed by atoms with van der Waals surface area (Å²) in [4.78, 5) is 12.3. The Kier molecular flexibility index (Phi) is 8.04. The maximum Gasteiger partial charge on any atom is 0.335 e. The quantitative estimate of drug-likeness (QED) is 0.234. The number of aromatic hydroxyl groups is 1. The molecule has 0 heterocycles. The van der Waals surface area contributed by atoms with E-state index in [2.05, 4.69) is 10.5 Å². The van der Waals surface area contributed by atoms with Crippen LogP contribution in [0.2, 0.25) is 5.02 Å². The monoisotopic (exact) mass is 474 g/mol. The number of carbonyl (C=O) groups is 1. The summed E-state index contributed by atoms with van der Waals surface area (Å²) in [5.74, 6) is -0.560. The first-order valence-corrected chi connectivity index (χ1v) is 12.2. The Balaban J connectivity index is 1.84. The Hall–Kier alpha value is -2.70. The van der Waals surface area contributed by atoms with Gasteiger partial charge in [-0.1, -0.05) is 48.0 Å². The molecule has 7 nitrogen and oxygen atoms in total. The molecule has 0 bridgehead atoms. The lowest BCUT2D eigenvalue weighted by Crippen LogP contribution is -2.17. The van der Waals surface area contributed by atoms with Gasteiger partial charge in [-0.05, 0) is 48.4 Å². The maximum absolute atomic E-state index is 13.0. The molecule has 3 rings (SSSR count). The molecule has 0 saturated heterocycles. The molecule has 0 atom stereocenters. The third-order valence-electron chi connectivity index (χ3n) is 4.64. The van der Waals surface area contributed by atoms with Crippen molar-refractivity contribution in [2.24, 2.45) is 5.10 Å². The van der Waals surface area contributed by atoms with Crippen molar-refractivity contribution in [2.45, 2.75) is 20.0 Å². The SMILES string of the molecule is CCOP(=O)(Cc1ccc(C=NNC(=O)c2ccc(O)c(Cl)c2)c2ccccc12)OCC. The highest BCUT2D eigenvalue weighted by molar-refractivity contribution is 7.53. The van der Waals surface area contributed by atoms with Crippen LogP contribution in [0, 0.1) is 0 Å². The highest BCUT2D eigenvalue weighted by Crippen LogP contribution is 2.52. The van der Waals surface area contributed by atoms with Gasteiger partial charge in [0, 0.05) is 11.1 Å². The van der Waals surface area contributed by atoms with Crippen LogP contribution >= 0.6 is 19.2 Å². The molecule has 2 N–H and O–H groups in total. The van der Waals surface area contributed by atoms with Gasteiger partial charge in [-0.15, -0.1) is 0 Å². The number of hydrogen-bond acceptors (Lipinski definition) is 6. The third kappa shape index (κ3) is 5.75. The summed E-state index contributed by atoms with van der Waals surface area (Å²) >= 11 is 5.85. The maximum atomic E-state index is 13.0. The fourth-order valence-electron chi connectivity index (χ4n) is 3.24. The van der Waals surface area contributed by atoms with Crippen LogP contribution in [-0.4, -0.2) is 30.4 Å². The second-order valence-corrected chi connectivity index (χ2v) is 9.29. The van der Waals surface area contributed by atoms with Crippen LogP contribution in [0.25, 0.3) is 10.8 Å².